The van der Waals surface area contributed by atoms with Gasteiger partial charge in [-0.2, -0.15) is 0 Å². The second-order valence-electron chi connectivity index (χ2n) is 6.40. The van der Waals surface area contributed by atoms with Crippen molar-refractivity contribution in [3.8, 4) is 5.75 Å². The third-order valence-electron chi connectivity index (χ3n) is 3.90. The lowest BCUT2D eigenvalue weighted by Crippen LogP contribution is -2.32. The minimum atomic E-state index is -3.71. The SMILES string of the molecule is COc1ccc(S(=O)(=O)[C@H](CNC(=O)CC(C)C)c2cccnc2)cc1. The molecule has 0 radical (unpaired) electrons. The molecule has 2 aromatic rings. The first kappa shape index (κ1) is 19.9. The van der Waals surface area contributed by atoms with Gasteiger partial charge >= 0.3 is 0 Å². The van der Waals surface area contributed by atoms with Crippen LogP contribution in [0.3, 0.4) is 0 Å². The van der Waals surface area contributed by atoms with Crippen molar-refractivity contribution >= 4 is 15.7 Å². The molecular weight excluding hydrogens is 352 g/mol. The molecule has 0 fully saturated rings. The van der Waals surface area contributed by atoms with Crippen LogP contribution in [-0.4, -0.2) is 33.0 Å². The molecule has 2 rings (SSSR count). The van der Waals surface area contributed by atoms with Crippen molar-refractivity contribution in [1.29, 1.82) is 0 Å². The van der Waals surface area contributed by atoms with Gasteiger partial charge in [-0.25, -0.2) is 8.42 Å². The molecule has 1 aromatic carbocycles. The van der Waals surface area contributed by atoms with Gasteiger partial charge in [0.15, 0.2) is 9.84 Å². The number of rotatable bonds is 8. The van der Waals surface area contributed by atoms with Crippen LogP contribution in [-0.2, 0) is 14.6 Å². The third-order valence-corrected chi connectivity index (χ3v) is 6.01. The van der Waals surface area contributed by atoms with Crippen molar-refractivity contribution < 1.29 is 17.9 Å². The predicted octanol–water partition coefficient (Wildman–Crippen LogP) is 2.77. The topological polar surface area (TPSA) is 85.4 Å². The molecule has 0 aliphatic carbocycles. The van der Waals surface area contributed by atoms with E-state index in [4.69, 9.17) is 4.74 Å². The maximum absolute atomic E-state index is 13.1. The van der Waals surface area contributed by atoms with E-state index in [0.717, 1.165) is 0 Å². The molecule has 1 aromatic heterocycles. The van der Waals surface area contributed by atoms with Gasteiger partial charge in [0.1, 0.15) is 11.0 Å². The number of benzene rings is 1. The van der Waals surface area contributed by atoms with E-state index in [9.17, 15) is 13.2 Å². The quantitative estimate of drug-likeness (QED) is 0.766. The van der Waals surface area contributed by atoms with E-state index in [-0.39, 0.29) is 23.3 Å². The van der Waals surface area contributed by atoms with Gasteiger partial charge in [-0.05, 0) is 41.8 Å². The first-order chi connectivity index (χ1) is 12.3. The van der Waals surface area contributed by atoms with Gasteiger partial charge < -0.3 is 10.1 Å². The van der Waals surface area contributed by atoms with Gasteiger partial charge in [0.2, 0.25) is 5.91 Å². The zero-order valence-electron chi connectivity index (χ0n) is 15.2. The number of carbonyl (C=O) groups is 1. The Kier molecular flexibility index (Phi) is 6.74. The van der Waals surface area contributed by atoms with Crippen LogP contribution in [0.1, 0.15) is 31.1 Å². The number of hydrogen-bond donors (Lipinski definition) is 1. The van der Waals surface area contributed by atoms with Crippen LogP contribution < -0.4 is 10.1 Å². The first-order valence-corrected chi connectivity index (χ1v) is 9.93. The molecule has 0 saturated carbocycles. The second kappa shape index (κ2) is 8.80. The van der Waals surface area contributed by atoms with Gasteiger partial charge in [-0.3, -0.25) is 9.78 Å². The minimum absolute atomic E-state index is 0.00832. The number of hydrogen-bond acceptors (Lipinski definition) is 5. The number of carbonyl (C=O) groups excluding carboxylic acids is 1. The highest BCUT2D eigenvalue weighted by Crippen LogP contribution is 2.29. The fourth-order valence-electron chi connectivity index (χ4n) is 2.55. The van der Waals surface area contributed by atoms with E-state index in [2.05, 4.69) is 10.3 Å². The van der Waals surface area contributed by atoms with Crippen molar-refractivity contribution in [3.05, 3.63) is 54.4 Å². The summed E-state index contributed by atoms with van der Waals surface area (Å²) in [5.41, 5.74) is 0.535. The number of methoxy groups -OCH3 is 1. The van der Waals surface area contributed by atoms with Crippen LogP contribution in [0.25, 0.3) is 0 Å². The summed E-state index contributed by atoms with van der Waals surface area (Å²) < 4.78 is 31.4. The molecule has 1 heterocycles. The normalized spacial score (nSPS) is 12.6. The molecule has 0 aliphatic rings. The fourth-order valence-corrected chi connectivity index (χ4v) is 4.20. The molecule has 0 unspecified atom stereocenters. The molecule has 7 heteroatoms. The van der Waals surface area contributed by atoms with Crippen LogP contribution in [0, 0.1) is 5.92 Å². The average molecular weight is 376 g/mol. The summed E-state index contributed by atoms with van der Waals surface area (Å²) in [6, 6.07) is 9.60. The molecule has 1 N–H and O–H groups in total. The van der Waals surface area contributed by atoms with E-state index in [1.165, 1.54) is 25.4 Å². The van der Waals surface area contributed by atoms with Crippen LogP contribution in [0.5, 0.6) is 5.75 Å². The zero-order valence-corrected chi connectivity index (χ0v) is 16.0. The highest BCUT2D eigenvalue weighted by Gasteiger charge is 2.30. The molecule has 1 amide bonds. The van der Waals surface area contributed by atoms with Crippen molar-refractivity contribution in [2.24, 2.45) is 5.92 Å². The maximum Gasteiger partial charge on any atom is 0.220 e. The van der Waals surface area contributed by atoms with Gasteiger partial charge in [0, 0.05) is 25.4 Å². The number of nitrogens with one attached hydrogen (secondary N) is 1. The first-order valence-electron chi connectivity index (χ1n) is 8.39. The van der Waals surface area contributed by atoms with E-state index < -0.39 is 15.1 Å². The van der Waals surface area contributed by atoms with E-state index in [1.807, 2.05) is 13.8 Å². The summed E-state index contributed by atoms with van der Waals surface area (Å²) in [6.07, 6.45) is 3.45. The largest absolute Gasteiger partial charge is 0.497 e. The lowest BCUT2D eigenvalue weighted by atomic mass is 10.1. The molecular formula is C19H24N2O4S. The molecule has 0 spiro atoms. The van der Waals surface area contributed by atoms with Crippen LogP contribution in [0.2, 0.25) is 0 Å². The van der Waals surface area contributed by atoms with Crippen molar-refractivity contribution in [3.63, 3.8) is 0 Å². The molecule has 6 nitrogen and oxygen atoms in total. The third kappa shape index (κ3) is 5.05. The Morgan fingerprint density at radius 1 is 1.19 bits per heavy atom. The fraction of sp³-hybridized carbons (Fsp3) is 0.368. The number of pyridine rings is 1. The Morgan fingerprint density at radius 2 is 1.88 bits per heavy atom. The van der Waals surface area contributed by atoms with E-state index in [1.54, 1.807) is 30.5 Å². The maximum atomic E-state index is 13.1. The van der Waals surface area contributed by atoms with Crippen LogP contribution in [0.15, 0.2) is 53.7 Å². The number of sulfone groups is 1. The lowest BCUT2D eigenvalue weighted by Gasteiger charge is -2.19. The summed E-state index contributed by atoms with van der Waals surface area (Å²) in [7, 11) is -2.19. The van der Waals surface area contributed by atoms with E-state index >= 15 is 0 Å². The molecule has 0 saturated heterocycles. The Bertz CT molecular complexity index is 818. The van der Waals surface area contributed by atoms with E-state index in [0.29, 0.717) is 17.7 Å². The number of nitrogens with zero attached hydrogens (tertiary/aromatic N) is 1. The Hall–Kier alpha value is -2.41. The summed E-state index contributed by atoms with van der Waals surface area (Å²) >= 11 is 0. The van der Waals surface area contributed by atoms with Gasteiger partial charge in [-0.15, -0.1) is 0 Å². The van der Waals surface area contributed by atoms with Crippen LogP contribution >= 0.6 is 0 Å². The summed E-state index contributed by atoms with van der Waals surface area (Å²) in [4.78, 5) is 16.2. The number of amides is 1. The standard InChI is InChI=1S/C19H24N2O4S/c1-14(2)11-19(22)21-13-18(15-5-4-10-20-12-15)26(23,24)17-8-6-16(25-3)7-9-17/h4-10,12,14,18H,11,13H2,1-3H3,(H,21,22)/t18-/m1/s1. The van der Waals surface area contributed by atoms with Gasteiger partial charge in [-0.1, -0.05) is 19.9 Å². The highest BCUT2D eigenvalue weighted by molar-refractivity contribution is 7.91. The highest BCUT2D eigenvalue weighted by atomic mass is 32.2. The molecule has 1 atom stereocenters. The average Bonchev–Trinajstić information content (AvgIpc) is 2.62. The second-order valence-corrected chi connectivity index (χ2v) is 8.53. The molecule has 26 heavy (non-hydrogen) atoms. The van der Waals surface area contributed by atoms with Crippen molar-refractivity contribution in [2.45, 2.75) is 30.4 Å². The van der Waals surface area contributed by atoms with Crippen LogP contribution in [0.4, 0.5) is 0 Å². The lowest BCUT2D eigenvalue weighted by molar-refractivity contribution is -0.121. The number of ether oxygens (including phenoxy) is 1. The summed E-state index contributed by atoms with van der Waals surface area (Å²) in [5, 5.41) is 1.82. The Balaban J connectivity index is 2.31. The van der Waals surface area contributed by atoms with Gasteiger partial charge in [0.25, 0.3) is 0 Å². The molecule has 0 aliphatic heterocycles. The minimum Gasteiger partial charge on any atom is -0.497 e. The smallest absolute Gasteiger partial charge is 0.220 e. The number of aromatic nitrogens is 1. The van der Waals surface area contributed by atoms with Crippen molar-refractivity contribution in [2.75, 3.05) is 13.7 Å². The monoisotopic (exact) mass is 376 g/mol. The molecule has 140 valence electrons. The Labute approximate surface area is 154 Å². The summed E-state index contributed by atoms with van der Waals surface area (Å²) in [6.45, 7) is 3.87. The molecule has 0 bridgehead atoms. The van der Waals surface area contributed by atoms with Crippen molar-refractivity contribution in [1.82, 2.24) is 10.3 Å². The predicted molar refractivity (Wildman–Crippen MR) is 99.6 cm³/mol. The zero-order chi connectivity index (χ0) is 19.2. The van der Waals surface area contributed by atoms with Gasteiger partial charge in [0.05, 0.1) is 12.0 Å². The summed E-state index contributed by atoms with van der Waals surface area (Å²) in [5.74, 6) is 0.607. The Morgan fingerprint density at radius 3 is 2.42 bits per heavy atom.